The number of aliphatic imine (C=N–C) groups is 1. The smallest absolute Gasteiger partial charge is 0.309 e. The van der Waals surface area contributed by atoms with Gasteiger partial charge in [-0.1, -0.05) is 26.3 Å². The van der Waals surface area contributed by atoms with Crippen LogP contribution in [-0.2, 0) is 20.7 Å². The summed E-state index contributed by atoms with van der Waals surface area (Å²) >= 11 is 0. The summed E-state index contributed by atoms with van der Waals surface area (Å²) in [6, 6.07) is 5.32. The summed E-state index contributed by atoms with van der Waals surface area (Å²) in [6.45, 7) is 6.42. The van der Waals surface area contributed by atoms with E-state index in [1.807, 2.05) is 13.8 Å². The van der Waals surface area contributed by atoms with Crippen molar-refractivity contribution in [1.82, 2.24) is 4.98 Å². The molecular weight excluding hydrogens is 464 g/mol. The number of aromatic hydroxyl groups is 1. The van der Waals surface area contributed by atoms with Crippen LogP contribution in [0.5, 0.6) is 17.2 Å². The van der Waals surface area contributed by atoms with E-state index in [4.69, 9.17) is 18.9 Å². The number of nitrogens with one attached hydrogen (secondary N) is 1. The normalized spacial score (nSPS) is 17.2. The zero-order valence-corrected chi connectivity index (χ0v) is 21.7. The fraction of sp³-hybridized carbons (Fsp3) is 0.519. The van der Waals surface area contributed by atoms with E-state index < -0.39 is 11.7 Å². The third-order valence-corrected chi connectivity index (χ3v) is 6.39. The molecule has 0 fully saturated rings. The Hall–Kier alpha value is -3.49. The summed E-state index contributed by atoms with van der Waals surface area (Å²) in [5.41, 5.74) is 0.894. The number of hydrogen-bond acceptors (Lipinski definition) is 8. The van der Waals surface area contributed by atoms with Crippen LogP contribution < -0.4 is 15.0 Å². The van der Waals surface area contributed by atoms with Crippen molar-refractivity contribution in [2.45, 2.75) is 59.0 Å². The van der Waals surface area contributed by atoms with Crippen molar-refractivity contribution < 1.29 is 28.8 Å². The van der Waals surface area contributed by atoms with Crippen LogP contribution in [-0.4, -0.2) is 55.4 Å². The molecule has 1 aromatic heterocycles. The Labute approximate surface area is 211 Å². The molecule has 2 aromatic rings. The number of ether oxygens (including phenoxy) is 4. The molecule has 9 nitrogen and oxygen atoms in total. The summed E-state index contributed by atoms with van der Waals surface area (Å²) in [5.74, 6) is 0.309. The van der Waals surface area contributed by atoms with Gasteiger partial charge in [-0.05, 0) is 38.3 Å². The van der Waals surface area contributed by atoms with E-state index in [1.54, 1.807) is 25.1 Å². The third-order valence-electron chi connectivity index (χ3n) is 6.39. The monoisotopic (exact) mass is 500 g/mol. The molecule has 2 atom stereocenters. The number of carbonyl (C=O) groups is 1. The number of carbonyl (C=O) groups excluding carboxylic acids is 1. The van der Waals surface area contributed by atoms with Crippen LogP contribution in [0.1, 0.15) is 57.7 Å². The zero-order chi connectivity index (χ0) is 26.2. The Bertz CT molecular complexity index is 1130. The van der Waals surface area contributed by atoms with Gasteiger partial charge in [0.05, 0.1) is 38.4 Å². The van der Waals surface area contributed by atoms with Crippen molar-refractivity contribution in [3.8, 4) is 28.4 Å². The zero-order valence-electron chi connectivity index (χ0n) is 21.7. The minimum Gasteiger partial charge on any atom is -0.506 e. The molecule has 196 valence electrons. The lowest BCUT2D eigenvalue weighted by Gasteiger charge is -2.30. The fourth-order valence-electron chi connectivity index (χ4n) is 4.46. The number of aromatic amines is 1. The van der Waals surface area contributed by atoms with Gasteiger partial charge in [-0.2, -0.15) is 0 Å². The largest absolute Gasteiger partial charge is 0.506 e. The molecule has 1 aliphatic heterocycles. The van der Waals surface area contributed by atoms with Gasteiger partial charge in [-0.25, -0.2) is 0 Å². The first-order valence-electron chi connectivity index (χ1n) is 12.5. The highest BCUT2D eigenvalue weighted by Gasteiger charge is 2.34. The molecule has 0 aliphatic carbocycles. The summed E-state index contributed by atoms with van der Waals surface area (Å²) < 4.78 is 22.4. The van der Waals surface area contributed by atoms with Gasteiger partial charge in [-0.3, -0.25) is 14.6 Å². The molecule has 0 amide bonds. The minimum absolute atomic E-state index is 0.00454. The summed E-state index contributed by atoms with van der Waals surface area (Å²) in [7, 11) is 3.07. The number of rotatable bonds is 11. The Morgan fingerprint density at radius 2 is 1.83 bits per heavy atom. The molecule has 2 N–H and O–H groups in total. The van der Waals surface area contributed by atoms with Gasteiger partial charge < -0.3 is 29.0 Å². The molecule has 0 radical (unpaired) electrons. The maximum absolute atomic E-state index is 13.3. The predicted octanol–water partition coefficient (Wildman–Crippen LogP) is 4.23. The predicted molar refractivity (Wildman–Crippen MR) is 137 cm³/mol. The number of H-pyrrole nitrogens is 1. The van der Waals surface area contributed by atoms with Crippen molar-refractivity contribution in [2.75, 3.05) is 27.4 Å². The van der Waals surface area contributed by atoms with Crippen LogP contribution in [0.4, 0.5) is 0 Å². The quantitative estimate of drug-likeness (QED) is 0.443. The highest BCUT2D eigenvalue weighted by Crippen LogP contribution is 2.45. The van der Waals surface area contributed by atoms with Crippen molar-refractivity contribution in [3.63, 3.8) is 0 Å². The van der Waals surface area contributed by atoms with Crippen LogP contribution in [0.15, 0.2) is 28.0 Å². The number of aryl methyl sites for hydroxylation is 1. The molecule has 1 aromatic carbocycles. The second kappa shape index (κ2) is 12.5. The van der Waals surface area contributed by atoms with Crippen molar-refractivity contribution in [2.24, 2.45) is 10.9 Å². The lowest BCUT2D eigenvalue weighted by atomic mass is 9.94. The number of hydrogen-bond donors (Lipinski definition) is 2. The molecule has 1 aliphatic rings. The second-order valence-corrected chi connectivity index (χ2v) is 8.65. The van der Waals surface area contributed by atoms with E-state index in [1.165, 1.54) is 14.2 Å². The van der Waals surface area contributed by atoms with Crippen molar-refractivity contribution in [3.05, 3.63) is 39.8 Å². The molecule has 36 heavy (non-hydrogen) atoms. The lowest BCUT2D eigenvalue weighted by molar-refractivity contribution is -0.146. The van der Waals surface area contributed by atoms with Gasteiger partial charge in [-0.15, -0.1) is 0 Å². The van der Waals surface area contributed by atoms with Crippen molar-refractivity contribution >= 4 is 11.9 Å². The number of methoxy groups -OCH3 is 2. The molecule has 9 heteroatoms. The SMILES string of the molecule is CCCCc1[nH]c(=O)c(C2=NCC(CC)C(CC(=O)OCC)O2)c(O)c1-c1c(OC)cccc1OC. The van der Waals surface area contributed by atoms with E-state index in [-0.39, 0.29) is 42.1 Å². The topological polar surface area (TPSA) is 119 Å². The van der Waals surface area contributed by atoms with Crippen molar-refractivity contribution in [1.29, 1.82) is 0 Å². The number of nitrogens with zero attached hydrogens (tertiary/aromatic N) is 1. The number of pyridine rings is 1. The Balaban J connectivity index is 2.18. The lowest BCUT2D eigenvalue weighted by Crippen LogP contribution is -2.37. The first-order valence-corrected chi connectivity index (χ1v) is 12.5. The van der Waals surface area contributed by atoms with Gasteiger partial charge in [0.1, 0.15) is 28.9 Å². The van der Waals surface area contributed by atoms with E-state index in [0.29, 0.717) is 41.3 Å². The Kier molecular flexibility index (Phi) is 9.38. The molecule has 0 saturated heterocycles. The second-order valence-electron chi connectivity index (χ2n) is 8.65. The molecular formula is C27H36N2O7. The van der Waals surface area contributed by atoms with Gasteiger partial charge in [0.2, 0.25) is 5.90 Å². The third kappa shape index (κ3) is 5.66. The molecule has 0 spiro atoms. The highest BCUT2D eigenvalue weighted by molar-refractivity contribution is 6.00. The number of unbranched alkanes of at least 4 members (excludes halogenated alkanes) is 1. The fourth-order valence-corrected chi connectivity index (χ4v) is 4.46. The van der Waals surface area contributed by atoms with E-state index >= 15 is 0 Å². The summed E-state index contributed by atoms with van der Waals surface area (Å²) in [4.78, 5) is 32.9. The van der Waals surface area contributed by atoms with Crippen LogP contribution in [0, 0.1) is 5.92 Å². The van der Waals surface area contributed by atoms with Crippen LogP contribution in [0.2, 0.25) is 0 Å². The Morgan fingerprint density at radius 3 is 2.42 bits per heavy atom. The van der Waals surface area contributed by atoms with Gasteiger partial charge >= 0.3 is 5.97 Å². The first kappa shape index (κ1) is 27.1. The maximum atomic E-state index is 13.3. The van der Waals surface area contributed by atoms with E-state index in [2.05, 4.69) is 9.98 Å². The van der Waals surface area contributed by atoms with E-state index in [9.17, 15) is 14.7 Å². The number of benzene rings is 1. The number of esters is 1. The maximum Gasteiger partial charge on any atom is 0.309 e. The van der Waals surface area contributed by atoms with Crippen LogP contribution in [0.25, 0.3) is 11.1 Å². The first-order chi connectivity index (χ1) is 17.4. The standard InChI is InChI=1S/C27H36N2O7/c1-6-9-11-17-22(23-18(33-4)12-10-13-19(23)34-5)25(31)24(26(32)29-17)27-28-15-16(7-2)20(36-27)14-21(30)35-8-3/h10,12-13,16,20H,6-9,11,14-15H2,1-5H3,(H2,29,31,32). The molecule has 2 unspecified atom stereocenters. The van der Waals surface area contributed by atoms with Crippen LogP contribution in [0.3, 0.4) is 0 Å². The summed E-state index contributed by atoms with van der Waals surface area (Å²) in [5, 5.41) is 11.6. The van der Waals surface area contributed by atoms with E-state index in [0.717, 1.165) is 19.3 Å². The number of aromatic nitrogens is 1. The van der Waals surface area contributed by atoms with Gasteiger partial charge in [0.25, 0.3) is 5.56 Å². The minimum atomic E-state index is -0.524. The average molecular weight is 501 g/mol. The Morgan fingerprint density at radius 1 is 1.14 bits per heavy atom. The molecule has 0 saturated carbocycles. The molecule has 3 rings (SSSR count). The molecule has 0 bridgehead atoms. The highest BCUT2D eigenvalue weighted by atomic mass is 16.5. The molecule has 2 heterocycles. The average Bonchev–Trinajstić information content (AvgIpc) is 2.87. The van der Waals surface area contributed by atoms with Gasteiger partial charge in [0.15, 0.2) is 0 Å². The summed E-state index contributed by atoms with van der Waals surface area (Å²) in [6.07, 6.45) is 2.48. The van der Waals surface area contributed by atoms with Gasteiger partial charge in [0, 0.05) is 18.2 Å². The van der Waals surface area contributed by atoms with Crippen LogP contribution >= 0.6 is 0 Å².